The fourth-order valence-electron chi connectivity index (χ4n) is 5.32. The van der Waals surface area contributed by atoms with Crippen molar-refractivity contribution in [2.75, 3.05) is 66.1 Å². The largest absolute Gasteiger partial charge is 0.481 e. The zero-order chi connectivity index (χ0) is 42.1. The Balaban J connectivity index is 1.51. The van der Waals surface area contributed by atoms with Crippen molar-refractivity contribution >= 4 is 35.8 Å². The Morgan fingerprint density at radius 1 is 0.431 bits per heavy atom. The van der Waals surface area contributed by atoms with Gasteiger partial charge in [-0.25, -0.2) is 0 Å². The fraction of sp³-hybridized carbons (Fsp3) is 0.571. The molecule has 0 aliphatic heterocycles. The van der Waals surface area contributed by atoms with Crippen molar-refractivity contribution in [3.8, 4) is 0 Å². The maximum atomic E-state index is 12.8. The molecule has 2 atom stereocenters. The standard InChI is InChI=1S/C42H58O16/c43-37(44)29-36(42(50)58-20-12-4-10-18-39(46)57-28-26-52-22-24-54-32-34-15-7-2-8-16-34)35(41(48)49)30-40(47)55-19-11-3-9-17-38(45)56-27-25-51-21-23-53-31-33-13-5-1-6-14-33/h1-2,5-8,13-16,35-36H,3-4,9-12,17-32H2,(H,43,44)(H,48,49). The molecular formula is C42H58O16. The van der Waals surface area contributed by atoms with Crippen LogP contribution in [0.4, 0.5) is 0 Å². The first kappa shape index (κ1) is 49.2. The van der Waals surface area contributed by atoms with E-state index in [4.69, 9.17) is 37.9 Å². The van der Waals surface area contributed by atoms with E-state index in [-0.39, 0.29) is 52.5 Å². The average Bonchev–Trinajstić information content (AvgIpc) is 3.21. The second-order valence-electron chi connectivity index (χ2n) is 13.1. The minimum Gasteiger partial charge on any atom is -0.481 e. The van der Waals surface area contributed by atoms with Crippen molar-refractivity contribution in [3.63, 3.8) is 0 Å². The molecule has 0 bridgehead atoms. The van der Waals surface area contributed by atoms with Crippen molar-refractivity contribution in [1.82, 2.24) is 0 Å². The van der Waals surface area contributed by atoms with Gasteiger partial charge < -0.3 is 48.1 Å². The highest BCUT2D eigenvalue weighted by Crippen LogP contribution is 2.23. The number of benzene rings is 2. The van der Waals surface area contributed by atoms with E-state index >= 15 is 0 Å². The summed E-state index contributed by atoms with van der Waals surface area (Å²) in [6.45, 7) is 3.02. The van der Waals surface area contributed by atoms with Gasteiger partial charge in [0.05, 0.1) is 90.7 Å². The van der Waals surface area contributed by atoms with Crippen molar-refractivity contribution in [1.29, 1.82) is 0 Å². The summed E-state index contributed by atoms with van der Waals surface area (Å²) in [7, 11) is 0. The van der Waals surface area contributed by atoms with E-state index in [2.05, 4.69) is 0 Å². The minimum absolute atomic E-state index is 0.0548. The number of hydrogen-bond acceptors (Lipinski definition) is 14. The monoisotopic (exact) mass is 818 g/mol. The molecule has 58 heavy (non-hydrogen) atoms. The number of carboxylic acids is 2. The van der Waals surface area contributed by atoms with Crippen LogP contribution in [0.5, 0.6) is 0 Å². The van der Waals surface area contributed by atoms with E-state index in [0.717, 1.165) is 11.1 Å². The zero-order valence-corrected chi connectivity index (χ0v) is 33.1. The van der Waals surface area contributed by atoms with Gasteiger partial charge in [-0.05, 0) is 49.7 Å². The molecule has 0 amide bonds. The lowest BCUT2D eigenvalue weighted by molar-refractivity contribution is -0.164. The predicted octanol–water partition coefficient (Wildman–Crippen LogP) is 4.93. The van der Waals surface area contributed by atoms with E-state index < -0.39 is 60.5 Å². The number of unbranched alkanes of at least 4 members (excludes halogenated alkanes) is 4. The number of hydrogen-bond donors (Lipinski definition) is 2. The molecule has 0 saturated heterocycles. The van der Waals surface area contributed by atoms with E-state index in [0.29, 0.717) is 78.2 Å². The van der Waals surface area contributed by atoms with E-state index in [1.54, 1.807) is 0 Å². The number of esters is 4. The Hall–Kier alpha value is -4.90. The van der Waals surface area contributed by atoms with Crippen LogP contribution in [0.25, 0.3) is 0 Å². The molecule has 2 aromatic rings. The van der Waals surface area contributed by atoms with Gasteiger partial charge in [-0.3, -0.25) is 28.8 Å². The molecule has 0 saturated carbocycles. The first-order chi connectivity index (χ1) is 28.2. The number of carbonyl (C=O) groups excluding carboxylic acids is 4. The summed E-state index contributed by atoms with van der Waals surface area (Å²) >= 11 is 0. The highest BCUT2D eigenvalue weighted by molar-refractivity contribution is 5.87. The Morgan fingerprint density at radius 2 is 0.862 bits per heavy atom. The summed E-state index contributed by atoms with van der Waals surface area (Å²) in [4.78, 5) is 72.6. The normalized spacial score (nSPS) is 11.9. The van der Waals surface area contributed by atoms with E-state index in [9.17, 15) is 39.0 Å². The maximum Gasteiger partial charge on any atom is 0.310 e. The first-order valence-corrected chi connectivity index (χ1v) is 19.6. The SMILES string of the molecule is O=C(O)CC(C(=O)OCCCCCC(=O)OCCOCCOCc1ccccc1)C(CC(=O)OCCCCCC(=O)OCCOCCOCc1ccccc1)C(=O)O. The highest BCUT2D eigenvalue weighted by atomic mass is 16.6. The van der Waals surface area contributed by atoms with Gasteiger partial charge in [0.1, 0.15) is 13.2 Å². The van der Waals surface area contributed by atoms with Crippen molar-refractivity contribution in [2.24, 2.45) is 11.8 Å². The summed E-state index contributed by atoms with van der Waals surface area (Å²) in [5.41, 5.74) is 2.13. The Kier molecular flexibility index (Phi) is 27.3. The van der Waals surface area contributed by atoms with Gasteiger partial charge in [0.2, 0.25) is 0 Å². The number of ether oxygens (including phenoxy) is 8. The van der Waals surface area contributed by atoms with Crippen molar-refractivity contribution in [2.45, 2.75) is 77.4 Å². The molecule has 16 heteroatoms. The number of aliphatic carboxylic acids is 2. The third kappa shape index (κ3) is 25.4. The molecule has 0 radical (unpaired) electrons. The van der Waals surface area contributed by atoms with Gasteiger partial charge in [0, 0.05) is 12.8 Å². The van der Waals surface area contributed by atoms with Crippen LogP contribution < -0.4 is 0 Å². The summed E-state index contributed by atoms with van der Waals surface area (Å²) < 4.78 is 42.4. The quantitative estimate of drug-likeness (QED) is 0.0536. The summed E-state index contributed by atoms with van der Waals surface area (Å²) in [6, 6.07) is 19.5. The lowest BCUT2D eigenvalue weighted by Gasteiger charge is -2.20. The molecule has 0 aliphatic rings. The van der Waals surface area contributed by atoms with Gasteiger partial charge >= 0.3 is 35.8 Å². The third-order valence-electron chi connectivity index (χ3n) is 8.39. The summed E-state index contributed by atoms with van der Waals surface area (Å²) in [6.07, 6.45) is 1.36. The molecule has 2 N–H and O–H groups in total. The fourth-order valence-corrected chi connectivity index (χ4v) is 5.32. The van der Waals surface area contributed by atoms with Crippen LogP contribution >= 0.6 is 0 Å². The van der Waals surface area contributed by atoms with Crippen LogP contribution in [-0.2, 0) is 79.9 Å². The lowest BCUT2D eigenvalue weighted by atomic mass is 9.87. The Morgan fingerprint density at radius 3 is 1.33 bits per heavy atom. The molecule has 0 spiro atoms. The maximum absolute atomic E-state index is 12.8. The topological polar surface area (TPSA) is 217 Å². The van der Waals surface area contributed by atoms with Crippen LogP contribution in [0.1, 0.15) is 75.3 Å². The van der Waals surface area contributed by atoms with Crippen LogP contribution in [-0.4, -0.2) is 112 Å². The van der Waals surface area contributed by atoms with Gasteiger partial charge in [0.15, 0.2) is 0 Å². The van der Waals surface area contributed by atoms with E-state index in [1.165, 1.54) is 0 Å². The molecule has 0 fully saturated rings. The van der Waals surface area contributed by atoms with E-state index in [1.807, 2.05) is 60.7 Å². The predicted molar refractivity (Wildman–Crippen MR) is 206 cm³/mol. The van der Waals surface area contributed by atoms with Crippen molar-refractivity contribution < 1.29 is 76.9 Å². The molecular weight excluding hydrogens is 760 g/mol. The highest BCUT2D eigenvalue weighted by Gasteiger charge is 2.38. The van der Waals surface area contributed by atoms with Gasteiger partial charge in [-0.15, -0.1) is 0 Å². The second-order valence-corrected chi connectivity index (χ2v) is 13.1. The summed E-state index contributed by atoms with van der Waals surface area (Å²) in [5.74, 6) is -9.05. The van der Waals surface area contributed by atoms with Gasteiger partial charge in [-0.2, -0.15) is 0 Å². The molecule has 0 aromatic heterocycles. The van der Waals surface area contributed by atoms with Gasteiger partial charge in [0.25, 0.3) is 0 Å². The lowest BCUT2D eigenvalue weighted by Crippen LogP contribution is -2.35. The van der Waals surface area contributed by atoms with Crippen LogP contribution in [0.3, 0.4) is 0 Å². The number of rotatable bonds is 35. The molecule has 2 rings (SSSR count). The van der Waals surface area contributed by atoms with Crippen LogP contribution in [0.15, 0.2) is 60.7 Å². The smallest absolute Gasteiger partial charge is 0.310 e. The second kappa shape index (κ2) is 32.1. The summed E-state index contributed by atoms with van der Waals surface area (Å²) in [5, 5.41) is 19.1. The first-order valence-electron chi connectivity index (χ1n) is 19.6. The molecule has 2 unspecified atom stereocenters. The zero-order valence-electron chi connectivity index (χ0n) is 33.1. The third-order valence-corrected chi connectivity index (χ3v) is 8.39. The number of carboxylic acid groups (broad SMARTS) is 2. The molecule has 322 valence electrons. The number of carbonyl (C=O) groups is 6. The Labute approximate surface area is 339 Å². The van der Waals surface area contributed by atoms with Crippen LogP contribution in [0, 0.1) is 11.8 Å². The Bertz CT molecular complexity index is 1450. The minimum atomic E-state index is -1.68. The molecule has 16 nitrogen and oxygen atoms in total. The molecule has 0 aliphatic carbocycles. The van der Waals surface area contributed by atoms with Crippen LogP contribution in [0.2, 0.25) is 0 Å². The van der Waals surface area contributed by atoms with Gasteiger partial charge in [-0.1, -0.05) is 60.7 Å². The molecule has 0 heterocycles. The van der Waals surface area contributed by atoms with Crippen molar-refractivity contribution in [3.05, 3.63) is 71.8 Å². The average molecular weight is 819 g/mol. The molecule has 2 aromatic carbocycles.